The molecule has 170 valence electrons. The van der Waals surface area contributed by atoms with E-state index in [1.165, 1.54) is 27.7 Å². The van der Waals surface area contributed by atoms with Crippen LogP contribution in [-0.2, 0) is 16.1 Å². The number of oxazole rings is 1. The number of amides is 2. The predicted molar refractivity (Wildman–Crippen MR) is 129 cm³/mol. The Labute approximate surface area is 201 Å². The molecule has 2 aromatic carbocycles. The monoisotopic (exact) mass is 503 g/mol. The van der Waals surface area contributed by atoms with Crippen molar-refractivity contribution < 1.29 is 14.0 Å². The highest BCUT2D eigenvalue weighted by molar-refractivity contribution is 8.01. The number of halogens is 1. The molecule has 0 fully saturated rings. The summed E-state index contributed by atoms with van der Waals surface area (Å²) in [6, 6.07) is 14.0. The molecule has 9 nitrogen and oxygen atoms in total. The van der Waals surface area contributed by atoms with Crippen molar-refractivity contribution in [3.8, 4) is 0 Å². The van der Waals surface area contributed by atoms with Crippen LogP contribution in [0.1, 0.15) is 12.8 Å². The molecule has 0 atom stereocenters. The Bertz CT molecular complexity index is 1350. The standard InChI is InChI=1S/C21H18ClN5O4S2/c22-13-4-3-5-14(12-13)23-18(29)9-11-32-20-26-25-19(33-20)24-17(28)8-10-27-15-6-1-2-7-16(15)31-21(27)30/h1-7,12H,8-11H2,(H,23,29)(H,24,25,28). The molecule has 0 saturated carbocycles. The molecule has 0 aliphatic heterocycles. The Hall–Kier alpha value is -3.15. The summed E-state index contributed by atoms with van der Waals surface area (Å²) in [5.41, 5.74) is 1.77. The van der Waals surface area contributed by atoms with Crippen molar-refractivity contribution in [2.24, 2.45) is 0 Å². The second-order valence-electron chi connectivity index (χ2n) is 6.82. The van der Waals surface area contributed by atoms with E-state index in [2.05, 4.69) is 20.8 Å². The molecule has 12 heteroatoms. The van der Waals surface area contributed by atoms with Gasteiger partial charge in [0.1, 0.15) is 0 Å². The van der Waals surface area contributed by atoms with Crippen molar-refractivity contribution in [2.75, 3.05) is 16.4 Å². The fourth-order valence-electron chi connectivity index (χ4n) is 2.96. The molecule has 4 rings (SSSR count). The number of nitrogens with zero attached hydrogens (tertiary/aromatic N) is 3. The van der Waals surface area contributed by atoms with Crippen LogP contribution in [0.2, 0.25) is 5.02 Å². The van der Waals surface area contributed by atoms with E-state index in [0.717, 1.165) is 0 Å². The summed E-state index contributed by atoms with van der Waals surface area (Å²) < 4.78 is 7.22. The molecule has 0 unspecified atom stereocenters. The highest BCUT2D eigenvalue weighted by Crippen LogP contribution is 2.26. The quantitative estimate of drug-likeness (QED) is 0.259. The van der Waals surface area contributed by atoms with Gasteiger partial charge in [-0.2, -0.15) is 0 Å². The van der Waals surface area contributed by atoms with Crippen LogP contribution in [0.15, 0.2) is 62.1 Å². The average molecular weight is 504 g/mol. The van der Waals surface area contributed by atoms with E-state index >= 15 is 0 Å². The van der Waals surface area contributed by atoms with Crippen LogP contribution in [0.5, 0.6) is 0 Å². The highest BCUT2D eigenvalue weighted by Gasteiger charge is 2.13. The largest absolute Gasteiger partial charge is 0.419 e. The first-order chi connectivity index (χ1) is 16.0. The lowest BCUT2D eigenvalue weighted by Crippen LogP contribution is -2.19. The second kappa shape index (κ2) is 10.6. The minimum atomic E-state index is -0.502. The zero-order valence-electron chi connectivity index (χ0n) is 17.1. The number of hydrogen-bond donors (Lipinski definition) is 2. The second-order valence-corrected chi connectivity index (χ2v) is 9.57. The van der Waals surface area contributed by atoms with E-state index in [1.807, 2.05) is 0 Å². The van der Waals surface area contributed by atoms with Crippen LogP contribution >= 0.6 is 34.7 Å². The van der Waals surface area contributed by atoms with Gasteiger partial charge in [0.25, 0.3) is 0 Å². The number of benzene rings is 2. The Balaban J connectivity index is 1.22. The number of anilines is 2. The number of carbonyl (C=O) groups excluding carboxylic acids is 2. The number of fused-ring (bicyclic) bond motifs is 1. The van der Waals surface area contributed by atoms with E-state index in [0.29, 0.717) is 37.0 Å². The SMILES string of the molecule is O=C(CCSc1nnc(NC(=O)CCn2c(=O)oc3ccccc32)s1)Nc1cccc(Cl)c1. The van der Waals surface area contributed by atoms with Gasteiger partial charge in [0, 0.05) is 35.8 Å². The zero-order valence-corrected chi connectivity index (χ0v) is 19.5. The van der Waals surface area contributed by atoms with E-state index < -0.39 is 5.76 Å². The molecule has 0 bridgehead atoms. The fourth-order valence-corrected chi connectivity index (χ4v) is 4.93. The van der Waals surface area contributed by atoms with Gasteiger partial charge in [-0.15, -0.1) is 10.2 Å². The maximum absolute atomic E-state index is 12.3. The van der Waals surface area contributed by atoms with Crippen LogP contribution in [-0.4, -0.2) is 32.3 Å². The Morgan fingerprint density at radius 1 is 1.06 bits per heavy atom. The smallest absolute Gasteiger partial charge is 0.408 e. The number of nitrogens with one attached hydrogen (secondary N) is 2. The van der Waals surface area contributed by atoms with Crippen LogP contribution in [0.25, 0.3) is 11.1 Å². The molecule has 4 aromatic rings. The third-order valence-electron chi connectivity index (χ3n) is 4.45. The summed E-state index contributed by atoms with van der Waals surface area (Å²) in [7, 11) is 0. The first kappa shape index (κ1) is 23.0. The molecular formula is C21H18ClN5O4S2. The normalized spacial score (nSPS) is 10.9. The van der Waals surface area contributed by atoms with Crippen molar-refractivity contribution in [3.63, 3.8) is 0 Å². The number of aryl methyl sites for hydroxylation is 1. The maximum Gasteiger partial charge on any atom is 0.419 e. The summed E-state index contributed by atoms with van der Waals surface area (Å²) in [4.78, 5) is 36.3. The number of thioether (sulfide) groups is 1. The van der Waals surface area contributed by atoms with Crippen LogP contribution in [0.4, 0.5) is 10.8 Å². The van der Waals surface area contributed by atoms with E-state index in [-0.39, 0.29) is 31.2 Å². The molecule has 2 heterocycles. The van der Waals surface area contributed by atoms with Crippen molar-refractivity contribution in [2.45, 2.75) is 23.7 Å². The lowest BCUT2D eigenvalue weighted by Gasteiger charge is -2.04. The molecule has 0 spiro atoms. The van der Waals surface area contributed by atoms with E-state index in [9.17, 15) is 14.4 Å². The van der Waals surface area contributed by atoms with Gasteiger partial charge >= 0.3 is 5.76 Å². The van der Waals surface area contributed by atoms with Crippen molar-refractivity contribution >= 4 is 68.4 Å². The van der Waals surface area contributed by atoms with Gasteiger partial charge in [-0.25, -0.2) is 4.79 Å². The number of rotatable bonds is 9. The topological polar surface area (TPSA) is 119 Å². The molecule has 2 amide bonds. The summed E-state index contributed by atoms with van der Waals surface area (Å²) in [5, 5.41) is 14.4. The first-order valence-electron chi connectivity index (χ1n) is 9.88. The van der Waals surface area contributed by atoms with Gasteiger partial charge in [0.2, 0.25) is 16.9 Å². The van der Waals surface area contributed by atoms with Gasteiger partial charge in [-0.1, -0.05) is 52.9 Å². The maximum atomic E-state index is 12.3. The Morgan fingerprint density at radius 3 is 2.73 bits per heavy atom. The van der Waals surface area contributed by atoms with E-state index in [4.69, 9.17) is 16.0 Å². The van der Waals surface area contributed by atoms with Gasteiger partial charge < -0.3 is 15.1 Å². The lowest BCUT2D eigenvalue weighted by atomic mass is 10.3. The van der Waals surface area contributed by atoms with Gasteiger partial charge in [-0.05, 0) is 30.3 Å². The van der Waals surface area contributed by atoms with Gasteiger partial charge in [0.15, 0.2) is 9.92 Å². The number of carbonyl (C=O) groups is 2. The number of hydrogen-bond acceptors (Lipinski definition) is 8. The Kier molecular flexibility index (Phi) is 7.43. The predicted octanol–water partition coefficient (Wildman–Crippen LogP) is 4.25. The molecule has 0 aliphatic carbocycles. The number of aromatic nitrogens is 3. The summed E-state index contributed by atoms with van der Waals surface area (Å²) >= 11 is 8.50. The fraction of sp³-hybridized carbons (Fsp3) is 0.190. The third kappa shape index (κ3) is 6.21. The average Bonchev–Trinajstić information content (AvgIpc) is 3.35. The summed E-state index contributed by atoms with van der Waals surface area (Å²) in [6.07, 6.45) is 0.362. The molecular weight excluding hydrogens is 486 g/mol. The first-order valence-corrected chi connectivity index (χ1v) is 12.1. The van der Waals surface area contributed by atoms with Crippen molar-refractivity contribution in [1.29, 1.82) is 0 Å². The van der Waals surface area contributed by atoms with Crippen LogP contribution < -0.4 is 16.4 Å². The van der Waals surface area contributed by atoms with Crippen molar-refractivity contribution in [1.82, 2.24) is 14.8 Å². The molecule has 0 radical (unpaired) electrons. The summed E-state index contributed by atoms with van der Waals surface area (Å²) in [6.45, 7) is 0.184. The molecule has 33 heavy (non-hydrogen) atoms. The minimum Gasteiger partial charge on any atom is -0.408 e. The molecule has 0 saturated heterocycles. The van der Waals surface area contributed by atoms with Crippen LogP contribution in [0, 0.1) is 0 Å². The molecule has 2 N–H and O–H groups in total. The Morgan fingerprint density at radius 2 is 1.88 bits per heavy atom. The molecule has 0 aliphatic rings. The lowest BCUT2D eigenvalue weighted by molar-refractivity contribution is -0.117. The highest BCUT2D eigenvalue weighted by atomic mass is 35.5. The number of para-hydroxylation sites is 2. The van der Waals surface area contributed by atoms with E-state index in [1.54, 1.807) is 48.5 Å². The molecule has 2 aromatic heterocycles. The van der Waals surface area contributed by atoms with Crippen molar-refractivity contribution in [3.05, 3.63) is 64.1 Å². The van der Waals surface area contributed by atoms with Gasteiger partial charge in [0.05, 0.1) is 5.52 Å². The summed E-state index contributed by atoms with van der Waals surface area (Å²) in [5.74, 6) is -0.422. The van der Waals surface area contributed by atoms with Crippen LogP contribution in [0.3, 0.4) is 0 Å². The van der Waals surface area contributed by atoms with Gasteiger partial charge in [-0.3, -0.25) is 14.2 Å². The zero-order chi connectivity index (χ0) is 23.2. The third-order valence-corrected chi connectivity index (χ3v) is 6.66. The minimum absolute atomic E-state index is 0.0785.